The van der Waals surface area contributed by atoms with Crippen LogP contribution in [-0.2, 0) is 11.2 Å². The van der Waals surface area contributed by atoms with Crippen LogP contribution in [0.5, 0.6) is 5.75 Å². The van der Waals surface area contributed by atoms with Gasteiger partial charge < -0.3 is 4.74 Å². The SMILES string of the molecule is CC(Cc1nnc(NC(=O)COc2ccccc2)s1)c1ccccc1. The van der Waals surface area contributed by atoms with Gasteiger partial charge in [0, 0.05) is 6.42 Å². The number of amides is 1. The molecule has 6 heteroatoms. The molecule has 0 radical (unpaired) electrons. The van der Waals surface area contributed by atoms with Crippen molar-refractivity contribution in [2.24, 2.45) is 0 Å². The van der Waals surface area contributed by atoms with Crippen LogP contribution in [0.4, 0.5) is 5.13 Å². The van der Waals surface area contributed by atoms with Gasteiger partial charge in [0.2, 0.25) is 5.13 Å². The molecule has 1 unspecified atom stereocenters. The first-order chi connectivity index (χ1) is 12.2. The van der Waals surface area contributed by atoms with Crippen LogP contribution >= 0.6 is 11.3 Å². The predicted octanol–water partition coefficient (Wildman–Crippen LogP) is 3.90. The Morgan fingerprint density at radius 2 is 1.76 bits per heavy atom. The summed E-state index contributed by atoms with van der Waals surface area (Å²) in [4.78, 5) is 11.9. The lowest BCUT2D eigenvalue weighted by molar-refractivity contribution is -0.118. The quantitative estimate of drug-likeness (QED) is 0.700. The van der Waals surface area contributed by atoms with Gasteiger partial charge in [-0.2, -0.15) is 0 Å². The number of benzene rings is 2. The third kappa shape index (κ3) is 5.12. The summed E-state index contributed by atoms with van der Waals surface area (Å²) in [5.74, 6) is 0.758. The number of nitrogens with zero attached hydrogens (tertiary/aromatic N) is 2. The fourth-order valence-corrected chi connectivity index (χ4v) is 3.25. The number of carbonyl (C=O) groups is 1. The molecule has 0 saturated carbocycles. The van der Waals surface area contributed by atoms with Crippen molar-refractivity contribution in [3.8, 4) is 5.75 Å². The van der Waals surface area contributed by atoms with Crippen molar-refractivity contribution in [1.29, 1.82) is 0 Å². The maximum absolute atomic E-state index is 11.9. The van der Waals surface area contributed by atoms with Crippen LogP contribution in [0.3, 0.4) is 0 Å². The molecule has 0 aliphatic rings. The smallest absolute Gasteiger partial charge is 0.264 e. The van der Waals surface area contributed by atoms with Crippen LogP contribution < -0.4 is 10.1 Å². The Morgan fingerprint density at radius 3 is 2.48 bits per heavy atom. The summed E-state index contributed by atoms with van der Waals surface area (Å²) in [5.41, 5.74) is 1.26. The zero-order valence-corrected chi connectivity index (χ0v) is 14.7. The van der Waals surface area contributed by atoms with E-state index in [-0.39, 0.29) is 12.5 Å². The number of anilines is 1. The molecule has 1 amide bonds. The zero-order chi connectivity index (χ0) is 17.5. The Bertz CT molecular complexity index is 806. The van der Waals surface area contributed by atoms with Crippen molar-refractivity contribution in [1.82, 2.24) is 10.2 Å². The summed E-state index contributed by atoms with van der Waals surface area (Å²) in [6.07, 6.45) is 0.790. The molecule has 1 N–H and O–H groups in total. The molecule has 128 valence electrons. The van der Waals surface area contributed by atoms with E-state index < -0.39 is 0 Å². The number of para-hydroxylation sites is 1. The average molecular weight is 353 g/mol. The van der Waals surface area contributed by atoms with Gasteiger partial charge in [0.05, 0.1) is 0 Å². The highest BCUT2D eigenvalue weighted by Crippen LogP contribution is 2.24. The van der Waals surface area contributed by atoms with Gasteiger partial charge in [-0.3, -0.25) is 10.1 Å². The zero-order valence-electron chi connectivity index (χ0n) is 13.9. The Hall–Kier alpha value is -2.73. The first kappa shape index (κ1) is 17.1. The van der Waals surface area contributed by atoms with Crippen molar-refractivity contribution in [3.63, 3.8) is 0 Å². The van der Waals surface area contributed by atoms with Crippen molar-refractivity contribution in [2.75, 3.05) is 11.9 Å². The van der Waals surface area contributed by atoms with Crippen LogP contribution in [-0.4, -0.2) is 22.7 Å². The van der Waals surface area contributed by atoms with E-state index in [4.69, 9.17) is 4.74 Å². The van der Waals surface area contributed by atoms with E-state index in [9.17, 15) is 4.79 Å². The molecule has 0 fully saturated rings. The van der Waals surface area contributed by atoms with E-state index in [1.165, 1.54) is 16.9 Å². The van der Waals surface area contributed by atoms with E-state index >= 15 is 0 Å². The summed E-state index contributed by atoms with van der Waals surface area (Å²) < 4.78 is 5.41. The second-order valence-electron chi connectivity index (χ2n) is 5.67. The van der Waals surface area contributed by atoms with Crippen molar-refractivity contribution in [3.05, 3.63) is 71.2 Å². The van der Waals surface area contributed by atoms with Crippen LogP contribution in [0.1, 0.15) is 23.4 Å². The summed E-state index contributed by atoms with van der Waals surface area (Å²) in [5, 5.41) is 12.3. The molecule has 0 saturated heterocycles. The molecule has 0 aliphatic carbocycles. The van der Waals surface area contributed by atoms with Crippen molar-refractivity contribution in [2.45, 2.75) is 19.3 Å². The molecule has 2 aromatic carbocycles. The number of hydrogen-bond donors (Lipinski definition) is 1. The predicted molar refractivity (Wildman–Crippen MR) is 99.0 cm³/mol. The van der Waals surface area contributed by atoms with Crippen LogP contribution in [0, 0.1) is 0 Å². The second-order valence-corrected chi connectivity index (χ2v) is 6.73. The Labute approximate surface area is 150 Å². The van der Waals surface area contributed by atoms with Gasteiger partial charge in [0.25, 0.3) is 5.91 Å². The minimum atomic E-state index is -0.248. The molecular weight excluding hydrogens is 334 g/mol. The molecule has 1 aromatic heterocycles. The lowest BCUT2D eigenvalue weighted by atomic mass is 9.98. The third-order valence-electron chi connectivity index (χ3n) is 3.68. The summed E-state index contributed by atoms with van der Waals surface area (Å²) in [6, 6.07) is 19.5. The van der Waals surface area contributed by atoms with E-state index in [0.717, 1.165) is 11.4 Å². The monoisotopic (exact) mass is 353 g/mol. The average Bonchev–Trinajstić information content (AvgIpc) is 3.08. The standard InChI is InChI=1S/C19H19N3O2S/c1-14(15-8-4-2-5-9-15)12-18-21-22-19(25-18)20-17(23)13-24-16-10-6-3-7-11-16/h2-11,14H,12-13H2,1H3,(H,20,22,23). The van der Waals surface area contributed by atoms with Gasteiger partial charge in [-0.1, -0.05) is 66.8 Å². The molecule has 0 spiro atoms. The number of hydrogen-bond acceptors (Lipinski definition) is 5. The molecule has 1 heterocycles. The Balaban J connectivity index is 1.50. The molecule has 5 nitrogen and oxygen atoms in total. The van der Waals surface area contributed by atoms with E-state index in [1.54, 1.807) is 12.1 Å². The number of nitrogens with one attached hydrogen (secondary N) is 1. The van der Waals surface area contributed by atoms with Crippen LogP contribution in [0.15, 0.2) is 60.7 Å². The van der Waals surface area contributed by atoms with Crippen LogP contribution in [0.2, 0.25) is 0 Å². The molecular formula is C19H19N3O2S. The Kier molecular flexibility index (Phi) is 5.74. The van der Waals surface area contributed by atoms with Gasteiger partial charge in [-0.05, 0) is 23.6 Å². The molecule has 1 atom stereocenters. The molecule has 0 aliphatic heterocycles. The fourth-order valence-electron chi connectivity index (χ4n) is 2.37. The summed E-state index contributed by atoms with van der Waals surface area (Å²) >= 11 is 1.40. The van der Waals surface area contributed by atoms with Gasteiger partial charge in [0.15, 0.2) is 6.61 Å². The summed E-state index contributed by atoms with van der Waals surface area (Å²) in [7, 11) is 0. The highest BCUT2D eigenvalue weighted by atomic mass is 32.1. The van der Waals surface area contributed by atoms with Gasteiger partial charge in [-0.15, -0.1) is 10.2 Å². The highest BCUT2D eigenvalue weighted by molar-refractivity contribution is 7.15. The largest absolute Gasteiger partial charge is 0.484 e. The first-order valence-corrected chi connectivity index (χ1v) is 8.87. The second kappa shape index (κ2) is 8.39. The van der Waals surface area contributed by atoms with E-state index in [1.807, 2.05) is 36.4 Å². The molecule has 3 rings (SSSR count). The molecule has 3 aromatic rings. The number of ether oxygens (including phenoxy) is 1. The van der Waals surface area contributed by atoms with Gasteiger partial charge in [-0.25, -0.2) is 0 Å². The van der Waals surface area contributed by atoms with Gasteiger partial charge >= 0.3 is 0 Å². The minimum Gasteiger partial charge on any atom is -0.484 e. The van der Waals surface area contributed by atoms with E-state index in [0.29, 0.717) is 16.8 Å². The number of aromatic nitrogens is 2. The first-order valence-electron chi connectivity index (χ1n) is 8.06. The lowest BCUT2D eigenvalue weighted by Crippen LogP contribution is -2.20. The van der Waals surface area contributed by atoms with Crippen molar-refractivity contribution >= 4 is 22.4 Å². The molecule has 25 heavy (non-hydrogen) atoms. The number of carbonyl (C=O) groups excluding carboxylic acids is 1. The Morgan fingerprint density at radius 1 is 1.08 bits per heavy atom. The van der Waals surface area contributed by atoms with Crippen LogP contribution in [0.25, 0.3) is 0 Å². The highest BCUT2D eigenvalue weighted by Gasteiger charge is 2.12. The molecule has 0 bridgehead atoms. The van der Waals surface area contributed by atoms with Crippen molar-refractivity contribution < 1.29 is 9.53 Å². The lowest BCUT2D eigenvalue weighted by Gasteiger charge is -2.08. The van der Waals surface area contributed by atoms with Gasteiger partial charge in [0.1, 0.15) is 10.8 Å². The fraction of sp³-hybridized carbons (Fsp3) is 0.211. The normalized spacial score (nSPS) is 11.7. The maximum Gasteiger partial charge on any atom is 0.264 e. The van der Waals surface area contributed by atoms with E-state index in [2.05, 4.69) is 34.6 Å². The topological polar surface area (TPSA) is 64.1 Å². The summed E-state index contributed by atoms with van der Waals surface area (Å²) in [6.45, 7) is 2.10. The maximum atomic E-state index is 11.9. The number of rotatable bonds is 7. The minimum absolute atomic E-state index is 0.0562. The third-order valence-corrected chi connectivity index (χ3v) is 4.54.